The molecule has 2 atom stereocenters. The Labute approximate surface area is 172 Å². The van der Waals surface area contributed by atoms with E-state index in [4.69, 9.17) is 4.74 Å². The van der Waals surface area contributed by atoms with Crippen molar-refractivity contribution in [2.75, 3.05) is 23.0 Å². The van der Waals surface area contributed by atoms with Gasteiger partial charge in [0.25, 0.3) is 5.91 Å². The number of hydrogen-bond acceptors (Lipinski definition) is 6. The van der Waals surface area contributed by atoms with E-state index in [0.29, 0.717) is 10.9 Å². The molecule has 0 bridgehead atoms. The number of ether oxygens (including phenoxy) is 1. The first kappa shape index (κ1) is 21.6. The number of hydrogen-bond donors (Lipinski definition) is 1. The molecule has 3 rings (SSSR count). The second kappa shape index (κ2) is 7.94. The van der Waals surface area contributed by atoms with E-state index in [1.807, 2.05) is 0 Å². The molecule has 158 valence electrons. The van der Waals surface area contributed by atoms with Gasteiger partial charge in [-0.15, -0.1) is 0 Å². The number of halogens is 1. The Balaban J connectivity index is 1.77. The summed E-state index contributed by atoms with van der Waals surface area (Å²) in [4.78, 5) is 29.7. The number of alkyl carbamates (subject to hydrolysis) is 1. The molecule has 2 heterocycles. The van der Waals surface area contributed by atoms with Crippen LogP contribution >= 0.6 is 11.8 Å². The number of sulfone groups is 1. The Kier molecular flexibility index (Phi) is 5.91. The number of aliphatic imine (C=N–C) groups is 1. The molecule has 2 saturated heterocycles. The van der Waals surface area contributed by atoms with E-state index in [9.17, 15) is 22.4 Å². The molecule has 0 aromatic heterocycles. The molecule has 2 aliphatic rings. The number of benzene rings is 1. The predicted octanol–water partition coefficient (Wildman–Crippen LogP) is 1.95. The van der Waals surface area contributed by atoms with Crippen LogP contribution in [0.3, 0.4) is 0 Å². The molecule has 2 fully saturated rings. The average molecular weight is 444 g/mol. The van der Waals surface area contributed by atoms with E-state index in [2.05, 4.69) is 10.3 Å². The molecule has 2 amide bonds. The minimum Gasteiger partial charge on any atom is -0.444 e. The van der Waals surface area contributed by atoms with Crippen molar-refractivity contribution in [3.8, 4) is 0 Å². The Bertz CT molecular complexity index is 941. The molecule has 1 aromatic carbocycles. The second-order valence-corrected chi connectivity index (χ2v) is 11.2. The van der Waals surface area contributed by atoms with Crippen LogP contribution in [0.4, 0.5) is 14.9 Å². The summed E-state index contributed by atoms with van der Waals surface area (Å²) in [6.45, 7) is 4.76. The maximum Gasteiger partial charge on any atom is 0.408 e. The highest BCUT2D eigenvalue weighted by Crippen LogP contribution is 2.40. The highest BCUT2D eigenvalue weighted by molar-refractivity contribution is 8.16. The first-order valence-corrected chi connectivity index (χ1v) is 11.6. The molecule has 0 unspecified atom stereocenters. The fourth-order valence-electron chi connectivity index (χ4n) is 3.08. The van der Waals surface area contributed by atoms with Crippen LogP contribution in [-0.4, -0.2) is 60.5 Å². The molecule has 0 spiro atoms. The lowest BCUT2D eigenvalue weighted by atomic mass is 10.2. The van der Waals surface area contributed by atoms with Crippen LogP contribution < -0.4 is 10.2 Å². The molecular formula is C18H22FN3O5S2. The molecule has 0 saturated carbocycles. The number of rotatable bonds is 3. The SMILES string of the molecule is CC(C)(C)OC(=O)NCC(=O)N=C1S[C@H]2CS(=O)(=O)C[C@@H]2N1c1ccc(F)cc1. The van der Waals surface area contributed by atoms with Crippen LogP contribution in [0.5, 0.6) is 0 Å². The first-order valence-electron chi connectivity index (χ1n) is 8.94. The monoisotopic (exact) mass is 443 g/mol. The van der Waals surface area contributed by atoms with Crippen molar-refractivity contribution in [1.29, 1.82) is 0 Å². The van der Waals surface area contributed by atoms with Crippen molar-refractivity contribution in [2.24, 2.45) is 4.99 Å². The zero-order valence-corrected chi connectivity index (χ0v) is 17.8. The highest BCUT2D eigenvalue weighted by Gasteiger charge is 2.49. The summed E-state index contributed by atoms with van der Waals surface area (Å²) in [5.41, 5.74) is -0.141. The Morgan fingerprint density at radius 3 is 2.55 bits per heavy atom. The topological polar surface area (TPSA) is 105 Å². The molecule has 11 heteroatoms. The van der Waals surface area contributed by atoms with Crippen molar-refractivity contribution < 1.29 is 27.1 Å². The molecular weight excluding hydrogens is 421 g/mol. The van der Waals surface area contributed by atoms with Gasteiger partial charge in [0.05, 0.1) is 17.5 Å². The number of anilines is 1. The third-order valence-corrected chi connectivity index (χ3v) is 7.38. The molecule has 1 aromatic rings. The first-order chi connectivity index (χ1) is 13.4. The molecule has 1 N–H and O–H groups in total. The lowest BCUT2D eigenvalue weighted by Gasteiger charge is -2.24. The second-order valence-electron chi connectivity index (χ2n) is 7.79. The van der Waals surface area contributed by atoms with Gasteiger partial charge in [-0.1, -0.05) is 11.8 Å². The zero-order chi connectivity index (χ0) is 21.4. The number of nitrogens with one attached hydrogen (secondary N) is 1. The molecule has 29 heavy (non-hydrogen) atoms. The predicted molar refractivity (Wildman–Crippen MR) is 109 cm³/mol. The minimum absolute atomic E-state index is 0.0105. The van der Waals surface area contributed by atoms with Gasteiger partial charge < -0.3 is 15.0 Å². The van der Waals surface area contributed by atoms with E-state index in [-0.39, 0.29) is 29.3 Å². The summed E-state index contributed by atoms with van der Waals surface area (Å²) in [6.07, 6.45) is -0.733. The zero-order valence-electron chi connectivity index (χ0n) is 16.2. The summed E-state index contributed by atoms with van der Waals surface area (Å²) in [7, 11) is -3.20. The maximum absolute atomic E-state index is 13.3. The molecule has 8 nitrogen and oxygen atoms in total. The number of thioether (sulfide) groups is 1. The summed E-state index contributed by atoms with van der Waals surface area (Å²) < 4.78 is 42.4. The number of amides is 2. The molecule has 0 aliphatic carbocycles. The van der Waals surface area contributed by atoms with Crippen molar-refractivity contribution >= 4 is 44.5 Å². The quantitative estimate of drug-likeness (QED) is 0.761. The van der Waals surface area contributed by atoms with Gasteiger partial charge in [0.15, 0.2) is 15.0 Å². The van der Waals surface area contributed by atoms with Gasteiger partial charge in [-0.2, -0.15) is 4.99 Å². The number of carbonyl (C=O) groups is 2. The van der Waals surface area contributed by atoms with E-state index in [0.717, 1.165) is 0 Å². The molecule has 2 aliphatic heterocycles. The van der Waals surface area contributed by atoms with Gasteiger partial charge in [-0.3, -0.25) is 4.79 Å². The van der Waals surface area contributed by atoms with Crippen molar-refractivity contribution in [3.63, 3.8) is 0 Å². The summed E-state index contributed by atoms with van der Waals surface area (Å²) >= 11 is 1.20. The van der Waals surface area contributed by atoms with Gasteiger partial charge in [0, 0.05) is 10.9 Å². The number of nitrogens with zero attached hydrogens (tertiary/aromatic N) is 2. The van der Waals surface area contributed by atoms with Crippen molar-refractivity contribution in [2.45, 2.75) is 37.7 Å². The van der Waals surface area contributed by atoms with Crippen LogP contribution in [0, 0.1) is 5.82 Å². The van der Waals surface area contributed by atoms with Gasteiger partial charge >= 0.3 is 6.09 Å². The third kappa shape index (κ3) is 5.47. The van der Waals surface area contributed by atoms with Crippen LogP contribution in [0.1, 0.15) is 20.8 Å². The van der Waals surface area contributed by atoms with Crippen LogP contribution in [-0.2, 0) is 19.4 Å². The summed E-state index contributed by atoms with van der Waals surface area (Å²) in [5.74, 6) is -1.10. The van der Waals surface area contributed by atoms with Crippen molar-refractivity contribution in [1.82, 2.24) is 5.32 Å². The fourth-order valence-corrected chi connectivity index (χ4v) is 7.01. The fraction of sp³-hybridized carbons (Fsp3) is 0.500. The Morgan fingerprint density at radius 1 is 1.28 bits per heavy atom. The summed E-state index contributed by atoms with van der Waals surface area (Å²) in [5, 5.41) is 2.41. The summed E-state index contributed by atoms with van der Waals surface area (Å²) in [6, 6.07) is 5.17. The Hall–Kier alpha value is -2.14. The largest absolute Gasteiger partial charge is 0.444 e. The van der Waals surface area contributed by atoms with Crippen LogP contribution in [0.25, 0.3) is 0 Å². The van der Waals surface area contributed by atoms with Crippen molar-refractivity contribution in [3.05, 3.63) is 30.1 Å². The van der Waals surface area contributed by atoms with E-state index >= 15 is 0 Å². The number of carbonyl (C=O) groups excluding carboxylic acids is 2. The van der Waals surface area contributed by atoms with Crippen LogP contribution in [0.2, 0.25) is 0 Å². The number of amidine groups is 1. The Morgan fingerprint density at radius 2 is 1.93 bits per heavy atom. The van der Waals surface area contributed by atoms with Gasteiger partial charge in [-0.05, 0) is 45.0 Å². The highest BCUT2D eigenvalue weighted by atomic mass is 32.2. The smallest absolute Gasteiger partial charge is 0.408 e. The molecule has 0 radical (unpaired) electrons. The average Bonchev–Trinajstić information content (AvgIpc) is 3.03. The lowest BCUT2D eigenvalue weighted by molar-refractivity contribution is -0.117. The van der Waals surface area contributed by atoms with Crippen LogP contribution in [0.15, 0.2) is 29.3 Å². The maximum atomic E-state index is 13.3. The van der Waals surface area contributed by atoms with E-state index in [1.54, 1.807) is 25.7 Å². The van der Waals surface area contributed by atoms with E-state index in [1.165, 1.54) is 36.0 Å². The number of fused-ring (bicyclic) bond motifs is 1. The lowest BCUT2D eigenvalue weighted by Crippen LogP contribution is -2.38. The third-order valence-electron chi connectivity index (χ3n) is 4.17. The normalized spacial score (nSPS) is 24.4. The standard InChI is InChI=1S/C18H22FN3O5S2/c1-18(2,3)27-17(24)20-8-15(23)21-16-22(12-6-4-11(19)5-7-12)13-9-29(25,26)10-14(13)28-16/h4-7,13-14H,8-10H2,1-3H3,(H,20,24)/t13-,14-/m0/s1. The van der Waals surface area contributed by atoms with E-state index < -0.39 is 33.3 Å². The van der Waals surface area contributed by atoms with Gasteiger partial charge in [-0.25, -0.2) is 17.6 Å². The minimum atomic E-state index is -3.20. The van der Waals surface area contributed by atoms with Gasteiger partial charge in [0.1, 0.15) is 18.0 Å². The van der Waals surface area contributed by atoms with Gasteiger partial charge in [0.2, 0.25) is 0 Å².